The number of aliphatic hydroxyl groups is 2. The van der Waals surface area contributed by atoms with Crippen molar-refractivity contribution in [3.8, 4) is 0 Å². The molecule has 0 saturated carbocycles. The average Bonchev–Trinajstić information content (AvgIpc) is 2.41. The first-order valence-corrected chi connectivity index (χ1v) is 6.41. The van der Waals surface area contributed by atoms with Crippen molar-refractivity contribution < 1.29 is 29.6 Å². The van der Waals surface area contributed by atoms with Gasteiger partial charge in [0.15, 0.2) is 0 Å². The first kappa shape index (κ1) is 20.9. The second-order valence-corrected chi connectivity index (χ2v) is 4.00. The lowest BCUT2D eigenvalue weighted by atomic mass is 10.2. The molecule has 0 bridgehead atoms. The van der Waals surface area contributed by atoms with Gasteiger partial charge in [-0.15, -0.1) is 0 Å². The Bertz CT molecular complexity index is 293. The highest BCUT2D eigenvalue weighted by Gasteiger charge is 2.14. The van der Waals surface area contributed by atoms with Gasteiger partial charge in [0.25, 0.3) is 0 Å². The summed E-state index contributed by atoms with van der Waals surface area (Å²) < 4.78 is 4.46. The number of esters is 1. The van der Waals surface area contributed by atoms with Crippen LogP contribution in [0.15, 0.2) is 12.2 Å². The topological polar surface area (TPSA) is 116 Å². The summed E-state index contributed by atoms with van der Waals surface area (Å²) in [5, 5.41) is 28.0. The number of carboxylic acid groups (broad SMARTS) is 1. The van der Waals surface area contributed by atoms with Gasteiger partial charge in [-0.25, -0.2) is 4.79 Å². The molecule has 0 aromatic rings. The van der Waals surface area contributed by atoms with Crippen LogP contribution in [0.5, 0.6) is 0 Å². The summed E-state index contributed by atoms with van der Waals surface area (Å²) in [5.41, 5.74) is 0.350. The quantitative estimate of drug-likeness (QED) is 0.347. The smallest absolute Gasteiger partial charge is 0.333 e. The molecule has 7 nitrogen and oxygen atoms in total. The van der Waals surface area contributed by atoms with Crippen LogP contribution in [-0.4, -0.2) is 59.7 Å². The van der Waals surface area contributed by atoms with Crippen LogP contribution < -0.4 is 5.32 Å². The SMILES string of the molecule is C=C(C)C(=O)OCCO.CCCN[C@@H](CCO)C(=O)O. The van der Waals surface area contributed by atoms with Gasteiger partial charge in [-0.1, -0.05) is 13.5 Å². The molecule has 0 unspecified atom stereocenters. The van der Waals surface area contributed by atoms with Gasteiger partial charge in [-0.05, 0) is 26.3 Å². The summed E-state index contributed by atoms with van der Waals surface area (Å²) in [7, 11) is 0. The van der Waals surface area contributed by atoms with Crippen molar-refractivity contribution >= 4 is 11.9 Å². The zero-order valence-corrected chi connectivity index (χ0v) is 12.1. The van der Waals surface area contributed by atoms with Gasteiger partial charge in [0, 0.05) is 12.2 Å². The zero-order valence-electron chi connectivity index (χ0n) is 12.1. The highest BCUT2D eigenvalue weighted by Crippen LogP contribution is 1.91. The van der Waals surface area contributed by atoms with Crippen LogP contribution in [-0.2, 0) is 14.3 Å². The van der Waals surface area contributed by atoms with E-state index in [1.54, 1.807) is 6.92 Å². The lowest BCUT2D eigenvalue weighted by Gasteiger charge is -2.11. The first-order chi connectivity index (χ1) is 9.40. The maximum absolute atomic E-state index is 10.5. The Hall–Kier alpha value is -1.44. The number of rotatable bonds is 9. The van der Waals surface area contributed by atoms with E-state index >= 15 is 0 Å². The molecule has 118 valence electrons. The molecule has 0 aliphatic rings. The van der Waals surface area contributed by atoms with E-state index < -0.39 is 18.0 Å². The number of aliphatic carboxylic acids is 1. The molecule has 0 saturated heterocycles. The van der Waals surface area contributed by atoms with E-state index in [-0.39, 0.29) is 26.2 Å². The molecule has 0 aliphatic carbocycles. The van der Waals surface area contributed by atoms with Gasteiger partial charge in [0.05, 0.1) is 6.61 Å². The fourth-order valence-corrected chi connectivity index (χ4v) is 1.02. The predicted octanol–water partition coefficient (Wildman–Crippen LogP) is -0.0804. The lowest BCUT2D eigenvalue weighted by molar-refractivity contribution is -0.140. The normalized spacial score (nSPS) is 11.0. The van der Waals surface area contributed by atoms with Crippen LogP contribution in [0, 0.1) is 0 Å². The molecular weight excluding hydrogens is 266 g/mol. The lowest BCUT2D eigenvalue weighted by Crippen LogP contribution is -2.37. The number of carbonyl (C=O) groups is 2. The molecule has 0 fully saturated rings. The van der Waals surface area contributed by atoms with Gasteiger partial charge in [0.1, 0.15) is 12.6 Å². The van der Waals surface area contributed by atoms with Crippen molar-refractivity contribution in [2.45, 2.75) is 32.7 Å². The number of hydrogen-bond donors (Lipinski definition) is 4. The molecule has 1 atom stereocenters. The fourth-order valence-electron chi connectivity index (χ4n) is 1.02. The number of aliphatic hydroxyl groups excluding tert-OH is 2. The van der Waals surface area contributed by atoms with E-state index in [1.165, 1.54) is 0 Å². The van der Waals surface area contributed by atoms with Crippen molar-refractivity contribution in [1.29, 1.82) is 0 Å². The van der Waals surface area contributed by atoms with Crippen molar-refractivity contribution in [3.63, 3.8) is 0 Å². The van der Waals surface area contributed by atoms with Crippen LogP contribution in [0.3, 0.4) is 0 Å². The van der Waals surface area contributed by atoms with E-state index in [2.05, 4.69) is 16.6 Å². The number of carbonyl (C=O) groups excluding carboxylic acids is 1. The molecule has 0 aliphatic heterocycles. The van der Waals surface area contributed by atoms with Gasteiger partial charge in [0.2, 0.25) is 0 Å². The predicted molar refractivity (Wildman–Crippen MR) is 74.3 cm³/mol. The second-order valence-electron chi connectivity index (χ2n) is 4.00. The highest BCUT2D eigenvalue weighted by molar-refractivity contribution is 5.86. The summed E-state index contributed by atoms with van der Waals surface area (Å²) in [6, 6.07) is -0.597. The average molecular weight is 291 g/mol. The molecule has 0 spiro atoms. The van der Waals surface area contributed by atoms with E-state index in [0.29, 0.717) is 12.1 Å². The van der Waals surface area contributed by atoms with Crippen LogP contribution in [0.25, 0.3) is 0 Å². The first-order valence-electron chi connectivity index (χ1n) is 6.41. The van der Waals surface area contributed by atoms with Crippen LogP contribution in [0.2, 0.25) is 0 Å². The van der Waals surface area contributed by atoms with E-state index in [9.17, 15) is 9.59 Å². The maximum atomic E-state index is 10.5. The Labute approximate surface area is 119 Å². The second kappa shape index (κ2) is 14.0. The maximum Gasteiger partial charge on any atom is 0.333 e. The summed E-state index contributed by atoms with van der Waals surface area (Å²) in [5.74, 6) is -1.35. The minimum absolute atomic E-state index is 0.0473. The molecule has 0 rings (SSSR count). The highest BCUT2D eigenvalue weighted by atomic mass is 16.5. The number of ether oxygens (including phenoxy) is 1. The summed E-state index contributed by atoms with van der Waals surface area (Å²) in [4.78, 5) is 20.9. The van der Waals surface area contributed by atoms with Crippen molar-refractivity contribution in [2.75, 3.05) is 26.4 Å². The van der Waals surface area contributed by atoms with Crippen LogP contribution >= 0.6 is 0 Å². The Balaban J connectivity index is 0. The third kappa shape index (κ3) is 13.0. The van der Waals surface area contributed by atoms with E-state index in [0.717, 1.165) is 6.42 Å². The molecule has 0 radical (unpaired) electrons. The zero-order chi connectivity index (χ0) is 16.0. The molecule has 7 heteroatoms. The minimum Gasteiger partial charge on any atom is -0.480 e. The third-order valence-electron chi connectivity index (χ3n) is 2.03. The van der Waals surface area contributed by atoms with Crippen molar-refractivity contribution in [3.05, 3.63) is 12.2 Å². The minimum atomic E-state index is -0.896. The largest absolute Gasteiger partial charge is 0.480 e. The fraction of sp³-hybridized carbons (Fsp3) is 0.692. The monoisotopic (exact) mass is 291 g/mol. The Morgan fingerprint density at radius 3 is 2.25 bits per heavy atom. The Morgan fingerprint density at radius 2 is 1.90 bits per heavy atom. The number of hydrogen-bond acceptors (Lipinski definition) is 6. The summed E-state index contributed by atoms with van der Waals surface area (Å²) in [6.45, 7) is 7.37. The van der Waals surface area contributed by atoms with Crippen LogP contribution in [0.4, 0.5) is 0 Å². The molecule has 20 heavy (non-hydrogen) atoms. The standard InChI is InChI=1S/C7H15NO3.C6H10O3/c1-2-4-8-6(3-5-9)7(10)11;1-5(2)6(8)9-4-3-7/h6,8-9H,2-5H2,1H3,(H,10,11);7H,1,3-4H2,2H3/t6-;/m0./s1. The third-order valence-corrected chi connectivity index (χ3v) is 2.03. The van der Waals surface area contributed by atoms with Gasteiger partial charge in [-0.3, -0.25) is 4.79 Å². The number of nitrogens with one attached hydrogen (secondary N) is 1. The molecule has 0 amide bonds. The van der Waals surface area contributed by atoms with Gasteiger partial charge in [-0.2, -0.15) is 0 Å². The molecule has 0 aromatic carbocycles. The van der Waals surface area contributed by atoms with E-state index in [1.807, 2.05) is 6.92 Å². The molecule has 0 aromatic heterocycles. The molecule has 4 N–H and O–H groups in total. The Kier molecular flexibility index (Phi) is 14.6. The Morgan fingerprint density at radius 1 is 1.30 bits per heavy atom. The summed E-state index contributed by atoms with van der Waals surface area (Å²) >= 11 is 0. The van der Waals surface area contributed by atoms with Crippen molar-refractivity contribution in [1.82, 2.24) is 5.32 Å². The van der Waals surface area contributed by atoms with Crippen LogP contribution in [0.1, 0.15) is 26.7 Å². The molecule has 0 heterocycles. The van der Waals surface area contributed by atoms with Crippen molar-refractivity contribution in [2.24, 2.45) is 0 Å². The van der Waals surface area contributed by atoms with E-state index in [4.69, 9.17) is 15.3 Å². The molecular formula is C13H25NO6. The number of carboxylic acids is 1. The van der Waals surface area contributed by atoms with Gasteiger partial charge < -0.3 is 25.4 Å². The summed E-state index contributed by atoms with van der Waals surface area (Å²) in [6.07, 6.45) is 1.17. The van der Waals surface area contributed by atoms with Gasteiger partial charge >= 0.3 is 11.9 Å².